The molecule has 7 rings (SSSR count). The van der Waals surface area contributed by atoms with Crippen LogP contribution in [0.3, 0.4) is 0 Å². The van der Waals surface area contributed by atoms with E-state index in [1.54, 1.807) is 0 Å². The number of ether oxygens (including phenoxy) is 3. The number of carbonyl (C=O) groups excluding carboxylic acids is 2. The summed E-state index contributed by atoms with van der Waals surface area (Å²) in [6, 6.07) is 6.58. The normalized spacial score (nSPS) is 18.6. The lowest BCUT2D eigenvalue weighted by molar-refractivity contribution is -0.384. The summed E-state index contributed by atoms with van der Waals surface area (Å²) in [7, 11) is 8.00. The second-order valence-corrected chi connectivity index (χ2v) is 14.3. The summed E-state index contributed by atoms with van der Waals surface area (Å²) >= 11 is 0. The molecule has 0 spiro atoms. The summed E-state index contributed by atoms with van der Waals surface area (Å²) in [5.74, 6) is -10.3. The molecule has 5 aliphatic heterocycles. The maximum absolute atomic E-state index is 14.7. The van der Waals surface area contributed by atoms with E-state index in [0.29, 0.717) is 37.6 Å². The molecule has 2 aromatic rings. The standard InChI is InChI=1S/2C17H21F2N3O4.C4H8O.B2.H2/c2*18-17(19,16(23)21-8-10-26-11-9-21)13-4-5-14(15(12-13)22(24)25)20-6-2-1-3-7-20;1-2-4-5-3-1;1-2;/h2*4-5,12H,1-3,6-11H2;1-4H2;;1H. The van der Waals surface area contributed by atoms with E-state index in [1.165, 1.54) is 25.0 Å². The van der Waals surface area contributed by atoms with Crippen molar-refractivity contribution in [1.29, 1.82) is 0 Å². The molecule has 4 radical (unpaired) electrons. The molecule has 15 nitrogen and oxygen atoms in total. The number of hydrogen-bond acceptors (Lipinski definition) is 11. The average Bonchev–Trinajstić information content (AvgIpc) is 3.88. The van der Waals surface area contributed by atoms with E-state index in [-0.39, 0.29) is 65.4 Å². The third-order valence-corrected chi connectivity index (χ3v) is 10.4. The van der Waals surface area contributed by atoms with Crippen LogP contribution >= 0.6 is 0 Å². The van der Waals surface area contributed by atoms with E-state index in [0.717, 1.165) is 85.8 Å². The highest BCUT2D eigenvalue weighted by Crippen LogP contribution is 2.39. The molecular weight excluding hydrogens is 782 g/mol. The third kappa shape index (κ3) is 12.5. The maximum Gasteiger partial charge on any atom is 0.350 e. The van der Waals surface area contributed by atoms with Crippen molar-refractivity contribution in [3.63, 3.8) is 0 Å². The molecule has 5 fully saturated rings. The lowest BCUT2D eigenvalue weighted by atomic mass is 9.81. The molecule has 2 amide bonds. The quantitative estimate of drug-likeness (QED) is 0.146. The molecule has 0 saturated carbocycles. The van der Waals surface area contributed by atoms with Gasteiger partial charge in [-0.05, 0) is 75.6 Å². The molecule has 0 atom stereocenters. The first kappa shape index (κ1) is 47.2. The van der Waals surface area contributed by atoms with Gasteiger partial charge in [0, 0.05) is 106 Å². The highest BCUT2D eigenvalue weighted by molar-refractivity contribution is 6.75. The van der Waals surface area contributed by atoms with Crippen LogP contribution in [0.4, 0.5) is 40.3 Å². The summed E-state index contributed by atoms with van der Waals surface area (Å²) in [4.78, 5) is 51.8. The van der Waals surface area contributed by atoms with Crippen molar-refractivity contribution >= 4 is 50.0 Å². The van der Waals surface area contributed by atoms with E-state index in [1.807, 2.05) is 9.80 Å². The molecule has 0 bridgehead atoms. The highest BCUT2D eigenvalue weighted by atomic mass is 19.3. The van der Waals surface area contributed by atoms with Gasteiger partial charge in [-0.3, -0.25) is 29.8 Å². The lowest BCUT2D eigenvalue weighted by Crippen LogP contribution is -2.47. The number of hydrogen-bond donors (Lipinski definition) is 0. The van der Waals surface area contributed by atoms with Crippen LogP contribution in [0, 0.1) is 20.2 Å². The van der Waals surface area contributed by atoms with Crippen LogP contribution in [0.5, 0.6) is 0 Å². The Morgan fingerprint density at radius 3 is 1.15 bits per heavy atom. The van der Waals surface area contributed by atoms with E-state index in [9.17, 15) is 47.4 Å². The van der Waals surface area contributed by atoms with Crippen LogP contribution in [-0.2, 0) is 35.6 Å². The molecule has 5 aliphatic rings. The Labute approximate surface area is 344 Å². The summed E-state index contributed by atoms with van der Waals surface area (Å²) in [6.45, 7) is 5.78. The number of nitrogens with zero attached hydrogens (tertiary/aromatic N) is 6. The number of carbonyl (C=O) groups is 2. The number of amides is 2. The summed E-state index contributed by atoms with van der Waals surface area (Å²) < 4.78 is 73.8. The van der Waals surface area contributed by atoms with Crippen LogP contribution < -0.4 is 9.80 Å². The Balaban J connectivity index is 0.000000272. The van der Waals surface area contributed by atoms with Gasteiger partial charge in [-0.25, -0.2) is 0 Å². The zero-order chi connectivity index (χ0) is 43.0. The van der Waals surface area contributed by atoms with Gasteiger partial charge in [-0.15, -0.1) is 0 Å². The van der Waals surface area contributed by atoms with Crippen molar-refractivity contribution in [3.05, 3.63) is 67.8 Å². The number of alkyl halides is 4. The number of benzene rings is 2. The van der Waals surface area contributed by atoms with Gasteiger partial charge in [0.2, 0.25) is 0 Å². The number of halogens is 4. The predicted octanol–water partition coefficient (Wildman–Crippen LogP) is 5.35. The topological polar surface area (TPSA) is 161 Å². The summed E-state index contributed by atoms with van der Waals surface area (Å²) in [5, 5.41) is 22.9. The van der Waals surface area contributed by atoms with E-state index in [4.69, 9.17) is 14.2 Å². The zero-order valence-electron chi connectivity index (χ0n) is 33.0. The molecule has 0 N–H and O–H groups in total. The van der Waals surface area contributed by atoms with Crippen LogP contribution in [0.2, 0.25) is 0 Å². The van der Waals surface area contributed by atoms with Crippen molar-refractivity contribution in [2.24, 2.45) is 0 Å². The van der Waals surface area contributed by atoms with Gasteiger partial charge in [0.1, 0.15) is 11.4 Å². The van der Waals surface area contributed by atoms with Gasteiger partial charge in [0.15, 0.2) is 0 Å². The molecule has 59 heavy (non-hydrogen) atoms. The Bertz CT molecular complexity index is 1590. The fourth-order valence-electron chi connectivity index (χ4n) is 7.22. The molecule has 5 heterocycles. The second-order valence-electron chi connectivity index (χ2n) is 14.3. The van der Waals surface area contributed by atoms with Crippen LogP contribution in [0.1, 0.15) is 63.9 Å². The molecule has 21 heteroatoms. The first-order valence-corrected chi connectivity index (χ1v) is 19.8. The fourth-order valence-corrected chi connectivity index (χ4v) is 7.22. The van der Waals surface area contributed by atoms with Gasteiger partial charge in [0.05, 0.1) is 36.3 Å². The minimum absolute atomic E-state index is 0. The molecule has 2 aromatic carbocycles. The van der Waals surface area contributed by atoms with Gasteiger partial charge < -0.3 is 33.8 Å². The Morgan fingerprint density at radius 1 is 0.542 bits per heavy atom. The summed E-state index contributed by atoms with van der Waals surface area (Å²) in [5.41, 5.74) is -1.43. The second kappa shape index (κ2) is 22.8. The van der Waals surface area contributed by atoms with Crippen molar-refractivity contribution in [2.75, 3.05) is 102 Å². The number of piperidine rings is 2. The number of rotatable bonds is 8. The smallest absolute Gasteiger partial charge is 0.350 e. The molecule has 0 unspecified atom stereocenters. The average molecular weight is 834 g/mol. The number of anilines is 2. The third-order valence-electron chi connectivity index (χ3n) is 10.4. The van der Waals surface area contributed by atoms with Gasteiger partial charge in [-0.2, -0.15) is 17.6 Å². The van der Waals surface area contributed by atoms with Gasteiger partial charge in [0.25, 0.3) is 23.2 Å². The SMILES string of the molecule is C1CCOC1.O=C(N1CCOCC1)C(F)(F)c1ccc(N2CCCCC2)c([N+](=O)[O-])c1.O=C(N1CCOCC1)C(F)(F)c1ccc(N2CCCCC2)c([N+](=O)[O-])c1.[B][B].[HH]. The largest absolute Gasteiger partial charge is 0.381 e. The highest BCUT2D eigenvalue weighted by Gasteiger charge is 2.47. The lowest BCUT2D eigenvalue weighted by Gasteiger charge is -2.31. The van der Waals surface area contributed by atoms with E-state index >= 15 is 0 Å². The Kier molecular flexibility index (Phi) is 18.2. The van der Waals surface area contributed by atoms with Crippen molar-refractivity contribution in [2.45, 2.75) is 63.2 Å². The van der Waals surface area contributed by atoms with Crippen LogP contribution in [0.15, 0.2) is 36.4 Å². The van der Waals surface area contributed by atoms with Gasteiger partial charge in [-0.1, -0.05) is 0 Å². The molecule has 5 saturated heterocycles. The molecule has 322 valence electrons. The number of nitro groups is 2. The Morgan fingerprint density at radius 2 is 0.864 bits per heavy atom. The number of nitro benzene ring substituents is 2. The fraction of sp³-hybridized carbons (Fsp3) is 0.632. The molecule has 0 aliphatic carbocycles. The zero-order valence-corrected chi connectivity index (χ0v) is 33.0. The van der Waals surface area contributed by atoms with E-state index < -0.39 is 44.6 Å². The number of morpholine rings is 2. The van der Waals surface area contributed by atoms with Crippen molar-refractivity contribution in [3.8, 4) is 0 Å². The minimum atomic E-state index is -3.82. The summed E-state index contributed by atoms with van der Waals surface area (Å²) in [6.07, 6.45) is 8.29. The maximum atomic E-state index is 14.7. The van der Waals surface area contributed by atoms with Crippen LogP contribution in [-0.4, -0.2) is 139 Å². The predicted molar refractivity (Wildman–Crippen MR) is 215 cm³/mol. The van der Waals surface area contributed by atoms with Crippen molar-refractivity contribution < 1.29 is 52.6 Å². The van der Waals surface area contributed by atoms with Crippen LogP contribution in [0.25, 0.3) is 0 Å². The van der Waals surface area contributed by atoms with Crippen molar-refractivity contribution in [1.82, 2.24) is 9.80 Å². The Hall–Kier alpha value is -4.49. The monoisotopic (exact) mass is 834 g/mol. The first-order chi connectivity index (χ1) is 28.3. The van der Waals surface area contributed by atoms with Gasteiger partial charge >= 0.3 is 11.8 Å². The molecule has 0 aromatic heterocycles. The first-order valence-electron chi connectivity index (χ1n) is 19.8. The van der Waals surface area contributed by atoms with E-state index in [2.05, 4.69) is 15.5 Å². The minimum Gasteiger partial charge on any atom is -0.381 e. The molecular formula is C38H52B2F4N6O9.